The van der Waals surface area contributed by atoms with Gasteiger partial charge < -0.3 is 15.5 Å². The van der Waals surface area contributed by atoms with Gasteiger partial charge in [-0.25, -0.2) is 0 Å². The van der Waals surface area contributed by atoms with E-state index in [-0.39, 0.29) is 32.3 Å². The molecule has 0 aromatic rings. The first-order valence-corrected chi connectivity index (χ1v) is 5.92. The number of ether oxygens (including phenoxy) is 2. The first-order valence-electron chi connectivity index (χ1n) is 5.92. The number of rotatable bonds is 3. The molecule has 3 aliphatic rings. The van der Waals surface area contributed by atoms with E-state index in [4.69, 9.17) is 9.47 Å². The van der Waals surface area contributed by atoms with Gasteiger partial charge in [-0.05, 0) is 5.92 Å². The maximum atomic E-state index is 11.5. The second-order valence-corrected chi connectivity index (χ2v) is 5.02. The van der Waals surface area contributed by atoms with Crippen LogP contribution in [0.25, 0.3) is 0 Å². The SMILES string of the molecule is C=[C-]C(=O)OCC1CC2[B]C1C1COC(=O)C21.[Re]. The van der Waals surface area contributed by atoms with Crippen LogP contribution >= 0.6 is 0 Å². The molecule has 5 atom stereocenters. The zero-order valence-electron chi connectivity index (χ0n) is 9.80. The topological polar surface area (TPSA) is 52.6 Å². The zero-order chi connectivity index (χ0) is 12.0. The van der Waals surface area contributed by atoms with E-state index in [1.54, 1.807) is 0 Å². The first-order chi connectivity index (χ1) is 8.20. The van der Waals surface area contributed by atoms with Gasteiger partial charge in [-0.1, -0.05) is 18.1 Å². The molecule has 6 heteroatoms. The van der Waals surface area contributed by atoms with Gasteiger partial charge in [-0.3, -0.25) is 16.2 Å². The van der Waals surface area contributed by atoms with Crippen molar-refractivity contribution in [1.29, 1.82) is 0 Å². The second kappa shape index (κ2) is 5.19. The average molecular weight is 418 g/mol. The van der Waals surface area contributed by atoms with E-state index in [2.05, 4.69) is 19.9 Å². The van der Waals surface area contributed by atoms with E-state index in [9.17, 15) is 9.59 Å². The maximum Gasteiger partial charge on any atom is 0.308 e. The molecule has 0 aromatic carbocycles. The summed E-state index contributed by atoms with van der Waals surface area (Å²) in [5.41, 5.74) is 0. The van der Waals surface area contributed by atoms with Gasteiger partial charge in [0.05, 0.1) is 19.1 Å². The van der Waals surface area contributed by atoms with Crippen molar-refractivity contribution >= 4 is 19.2 Å². The summed E-state index contributed by atoms with van der Waals surface area (Å²) < 4.78 is 10.2. The molecule has 2 radical (unpaired) electrons. The number of cyclic esters (lactones) is 1. The van der Waals surface area contributed by atoms with Crippen molar-refractivity contribution in [2.24, 2.45) is 17.8 Å². The predicted molar refractivity (Wildman–Crippen MR) is 59.1 cm³/mol. The summed E-state index contributed by atoms with van der Waals surface area (Å²) in [7, 11) is 2.26. The van der Waals surface area contributed by atoms with Crippen molar-refractivity contribution in [3.8, 4) is 0 Å². The molecular formula is C12H13BO4Re-. The summed E-state index contributed by atoms with van der Waals surface area (Å²) in [5.74, 6) is 0.825. The Labute approximate surface area is 120 Å². The van der Waals surface area contributed by atoms with Gasteiger partial charge in [0.25, 0.3) is 0 Å². The number of carbonyl (C=O) groups excluding carboxylic acids is 2. The monoisotopic (exact) mass is 419 g/mol. The van der Waals surface area contributed by atoms with E-state index >= 15 is 0 Å². The Bertz CT molecular complexity index is 386. The van der Waals surface area contributed by atoms with Crippen LogP contribution in [0.1, 0.15) is 6.42 Å². The van der Waals surface area contributed by atoms with Crippen LogP contribution in [0.5, 0.6) is 0 Å². The van der Waals surface area contributed by atoms with Crippen LogP contribution in [0.2, 0.25) is 11.6 Å². The van der Waals surface area contributed by atoms with Gasteiger partial charge in [0, 0.05) is 26.3 Å². The van der Waals surface area contributed by atoms with Crippen molar-refractivity contribution in [3.63, 3.8) is 0 Å². The smallest absolute Gasteiger partial charge is 0.308 e. The average Bonchev–Trinajstić information content (AvgIpc) is 2.98. The van der Waals surface area contributed by atoms with Crippen LogP contribution in [0.15, 0.2) is 6.58 Å². The van der Waals surface area contributed by atoms with Crippen molar-refractivity contribution in [1.82, 2.24) is 0 Å². The van der Waals surface area contributed by atoms with Gasteiger partial charge >= 0.3 is 5.97 Å². The van der Waals surface area contributed by atoms with Gasteiger partial charge in [-0.15, -0.1) is 0 Å². The molecule has 0 amide bonds. The van der Waals surface area contributed by atoms with Crippen molar-refractivity contribution in [2.45, 2.75) is 18.1 Å². The van der Waals surface area contributed by atoms with Crippen molar-refractivity contribution in [2.75, 3.05) is 13.2 Å². The molecule has 96 valence electrons. The summed E-state index contributed by atoms with van der Waals surface area (Å²) in [5, 5.41) is 0. The largest absolute Gasteiger partial charge is 0.490 e. The summed E-state index contributed by atoms with van der Waals surface area (Å²) in [6.07, 6.45) is 3.11. The van der Waals surface area contributed by atoms with Crippen LogP contribution in [0, 0.1) is 23.8 Å². The third-order valence-corrected chi connectivity index (χ3v) is 4.27. The molecule has 0 aromatic heterocycles. The van der Waals surface area contributed by atoms with Crippen LogP contribution < -0.4 is 0 Å². The van der Waals surface area contributed by atoms with Crippen molar-refractivity contribution < 1.29 is 39.5 Å². The molecule has 3 aliphatic heterocycles. The zero-order valence-corrected chi connectivity index (χ0v) is 12.5. The van der Waals surface area contributed by atoms with E-state index in [0.29, 0.717) is 36.7 Å². The number of esters is 2. The molecule has 3 heterocycles. The molecule has 3 rings (SSSR count). The molecule has 0 aliphatic carbocycles. The fraction of sp³-hybridized carbons (Fsp3) is 0.667. The van der Waals surface area contributed by atoms with E-state index in [1.807, 2.05) is 0 Å². The Morgan fingerprint density at radius 2 is 2.39 bits per heavy atom. The second-order valence-electron chi connectivity index (χ2n) is 5.02. The molecule has 0 saturated carbocycles. The Kier molecular flexibility index (Phi) is 3.98. The molecule has 3 saturated heterocycles. The van der Waals surface area contributed by atoms with E-state index in [1.165, 1.54) is 0 Å². The molecular weight excluding hydrogens is 405 g/mol. The molecule has 0 spiro atoms. The predicted octanol–water partition coefficient (Wildman–Crippen LogP) is 0.620. The molecule has 3 fully saturated rings. The van der Waals surface area contributed by atoms with Crippen LogP contribution in [0.3, 0.4) is 0 Å². The molecule has 4 nitrogen and oxygen atoms in total. The Hall–Kier alpha value is -0.593. The van der Waals surface area contributed by atoms with Gasteiger partial charge in [0.1, 0.15) is 13.2 Å². The van der Waals surface area contributed by atoms with E-state index < -0.39 is 5.97 Å². The molecule has 0 N–H and O–H groups in total. The van der Waals surface area contributed by atoms with Crippen LogP contribution in [-0.4, -0.2) is 32.4 Å². The fourth-order valence-corrected chi connectivity index (χ4v) is 3.60. The van der Waals surface area contributed by atoms with Crippen LogP contribution in [0.4, 0.5) is 0 Å². The minimum atomic E-state index is -0.497. The molecule has 18 heavy (non-hydrogen) atoms. The maximum absolute atomic E-state index is 11.5. The van der Waals surface area contributed by atoms with E-state index in [0.717, 1.165) is 6.42 Å². The third kappa shape index (κ3) is 2.06. The Morgan fingerprint density at radius 1 is 1.61 bits per heavy atom. The summed E-state index contributed by atoms with van der Waals surface area (Å²) >= 11 is 0. The minimum Gasteiger partial charge on any atom is -0.490 e. The van der Waals surface area contributed by atoms with Crippen molar-refractivity contribution in [3.05, 3.63) is 12.7 Å². The van der Waals surface area contributed by atoms with Gasteiger partial charge in [0.2, 0.25) is 0 Å². The first kappa shape index (κ1) is 13.8. The van der Waals surface area contributed by atoms with Gasteiger partial charge in [0.15, 0.2) is 0 Å². The van der Waals surface area contributed by atoms with Gasteiger partial charge in [-0.2, -0.15) is 0 Å². The Balaban J connectivity index is 0.00000120. The number of carbonyl (C=O) groups is 2. The number of hydrogen-bond donors (Lipinski definition) is 0. The molecule has 5 unspecified atom stereocenters. The number of hydrogen-bond acceptors (Lipinski definition) is 4. The standard InChI is InChI=1S/C12H13BO4.Re/c1-2-9(14)16-4-6-3-8-10-7(11(6)13-8)5-17-12(10)15;/h6-8,10-11H,1,3-5H2;/q-1;. The third-order valence-electron chi connectivity index (χ3n) is 4.27. The Morgan fingerprint density at radius 3 is 3.11 bits per heavy atom. The summed E-state index contributed by atoms with van der Waals surface area (Å²) in [6, 6.07) is 0. The minimum absolute atomic E-state index is 0. The normalized spacial score (nSPS) is 39.3. The summed E-state index contributed by atoms with van der Waals surface area (Å²) in [6.45, 7) is 4.17. The summed E-state index contributed by atoms with van der Waals surface area (Å²) in [4.78, 5) is 22.5. The fourth-order valence-electron chi connectivity index (χ4n) is 3.60. The molecule has 2 bridgehead atoms. The van der Waals surface area contributed by atoms with Crippen LogP contribution in [-0.2, 0) is 39.5 Å². The number of fused-ring (bicyclic) bond motifs is 5. The quantitative estimate of drug-likeness (QED) is 0.292.